The van der Waals surface area contributed by atoms with Crippen LogP contribution in [0.2, 0.25) is 0 Å². The second-order valence-corrected chi connectivity index (χ2v) is 7.03. The quantitative estimate of drug-likeness (QED) is 0.648. The zero-order valence-corrected chi connectivity index (χ0v) is 17.6. The summed E-state index contributed by atoms with van der Waals surface area (Å²) in [7, 11) is 3.06. The van der Waals surface area contributed by atoms with E-state index >= 15 is 0 Å². The number of nitrogens with zero attached hydrogens (tertiary/aromatic N) is 1. The van der Waals surface area contributed by atoms with E-state index in [9.17, 15) is 18.0 Å². The van der Waals surface area contributed by atoms with Crippen molar-refractivity contribution in [3.63, 3.8) is 0 Å². The van der Waals surface area contributed by atoms with Gasteiger partial charge in [-0.05, 0) is 50.1 Å². The Bertz CT molecular complexity index is 933. The lowest BCUT2D eigenvalue weighted by Crippen LogP contribution is -2.35. The maximum Gasteiger partial charge on any atom is 0.418 e. The van der Waals surface area contributed by atoms with E-state index in [4.69, 9.17) is 14.2 Å². The summed E-state index contributed by atoms with van der Waals surface area (Å²) in [4.78, 5) is 14.5. The van der Waals surface area contributed by atoms with Gasteiger partial charge in [0, 0.05) is 18.2 Å². The number of hydrogen-bond acceptors (Lipinski definition) is 4. The number of amides is 2. The number of hydrogen-bond donors (Lipinski definition) is 1. The predicted molar refractivity (Wildman–Crippen MR) is 110 cm³/mol. The summed E-state index contributed by atoms with van der Waals surface area (Å²) < 4.78 is 56.5. The molecule has 1 heterocycles. The normalized spacial score (nSPS) is 16.2. The maximum absolute atomic E-state index is 13.6. The molecular formula is C22H25F3N2O4. The highest BCUT2D eigenvalue weighted by Crippen LogP contribution is 2.40. The van der Waals surface area contributed by atoms with Gasteiger partial charge in [0.2, 0.25) is 0 Å². The van der Waals surface area contributed by atoms with Crippen molar-refractivity contribution in [1.82, 2.24) is 4.90 Å². The van der Waals surface area contributed by atoms with E-state index in [0.717, 1.165) is 18.1 Å². The lowest BCUT2D eigenvalue weighted by atomic mass is 10.0. The Morgan fingerprint density at radius 3 is 2.52 bits per heavy atom. The van der Waals surface area contributed by atoms with Crippen LogP contribution < -0.4 is 19.5 Å². The SMILES string of the molecule is CCOc1ccc(NC(=O)N2CCCC2c2ccc(OC)cc2OC)c(C(F)(F)F)c1. The van der Waals surface area contributed by atoms with E-state index in [1.165, 1.54) is 24.1 Å². The highest BCUT2D eigenvalue weighted by Gasteiger charge is 2.36. The van der Waals surface area contributed by atoms with Gasteiger partial charge in [-0.2, -0.15) is 13.2 Å². The molecule has 0 radical (unpaired) electrons. The van der Waals surface area contributed by atoms with Crippen molar-refractivity contribution in [2.45, 2.75) is 32.0 Å². The van der Waals surface area contributed by atoms with E-state index in [0.29, 0.717) is 24.5 Å². The number of methoxy groups -OCH3 is 2. The minimum Gasteiger partial charge on any atom is -0.497 e. The Hall–Kier alpha value is -3.10. The Morgan fingerprint density at radius 1 is 1.13 bits per heavy atom. The van der Waals surface area contributed by atoms with Crippen LogP contribution in [0, 0.1) is 0 Å². The van der Waals surface area contributed by atoms with Gasteiger partial charge >= 0.3 is 12.2 Å². The number of ether oxygens (including phenoxy) is 3. The number of urea groups is 1. The van der Waals surface area contributed by atoms with Gasteiger partial charge in [0.1, 0.15) is 17.2 Å². The van der Waals surface area contributed by atoms with Gasteiger partial charge in [0.05, 0.1) is 38.1 Å². The van der Waals surface area contributed by atoms with Gasteiger partial charge in [-0.3, -0.25) is 0 Å². The summed E-state index contributed by atoms with van der Waals surface area (Å²) in [6.45, 7) is 2.34. The van der Waals surface area contributed by atoms with Gasteiger partial charge in [-0.25, -0.2) is 4.79 Å². The Kier molecular flexibility index (Phi) is 6.82. The summed E-state index contributed by atoms with van der Waals surface area (Å²) in [5, 5.41) is 2.43. The maximum atomic E-state index is 13.6. The number of anilines is 1. The van der Waals surface area contributed by atoms with Gasteiger partial charge in [-0.15, -0.1) is 0 Å². The Morgan fingerprint density at radius 2 is 1.87 bits per heavy atom. The molecule has 0 spiro atoms. The van der Waals surface area contributed by atoms with E-state index in [2.05, 4.69) is 5.32 Å². The van der Waals surface area contributed by atoms with E-state index in [1.807, 2.05) is 6.07 Å². The number of carbonyl (C=O) groups is 1. The first-order valence-corrected chi connectivity index (χ1v) is 9.92. The number of carbonyl (C=O) groups excluding carboxylic acids is 1. The minimum atomic E-state index is -4.64. The van der Waals surface area contributed by atoms with Crippen molar-refractivity contribution >= 4 is 11.7 Å². The third-order valence-corrected chi connectivity index (χ3v) is 5.16. The molecular weight excluding hydrogens is 413 g/mol. The summed E-state index contributed by atoms with van der Waals surface area (Å²) >= 11 is 0. The lowest BCUT2D eigenvalue weighted by molar-refractivity contribution is -0.137. The number of likely N-dealkylation sites (tertiary alicyclic amines) is 1. The molecule has 1 fully saturated rings. The van der Waals surface area contributed by atoms with Crippen LogP contribution >= 0.6 is 0 Å². The number of alkyl halides is 3. The second kappa shape index (κ2) is 9.36. The summed E-state index contributed by atoms with van der Waals surface area (Å²) in [6, 6.07) is 7.89. The van der Waals surface area contributed by atoms with Crippen molar-refractivity contribution < 1.29 is 32.2 Å². The van der Waals surface area contributed by atoms with Crippen LogP contribution in [0.4, 0.5) is 23.7 Å². The van der Waals surface area contributed by atoms with Crippen LogP contribution in [-0.4, -0.2) is 38.3 Å². The van der Waals surface area contributed by atoms with Gasteiger partial charge in [-0.1, -0.05) is 0 Å². The molecule has 31 heavy (non-hydrogen) atoms. The third-order valence-electron chi connectivity index (χ3n) is 5.16. The van der Waals surface area contributed by atoms with Crippen molar-refractivity contribution in [1.29, 1.82) is 0 Å². The van der Waals surface area contributed by atoms with Crippen molar-refractivity contribution in [2.75, 3.05) is 32.7 Å². The smallest absolute Gasteiger partial charge is 0.418 e. The first kappa shape index (κ1) is 22.6. The van der Waals surface area contributed by atoms with Crippen molar-refractivity contribution in [3.8, 4) is 17.2 Å². The third kappa shape index (κ3) is 4.98. The molecule has 9 heteroatoms. The van der Waals surface area contributed by atoms with Crippen LogP contribution in [0.3, 0.4) is 0 Å². The molecule has 3 rings (SSSR count). The zero-order valence-electron chi connectivity index (χ0n) is 17.6. The number of benzene rings is 2. The highest BCUT2D eigenvalue weighted by molar-refractivity contribution is 5.91. The fourth-order valence-electron chi connectivity index (χ4n) is 3.74. The molecule has 2 aromatic rings. The number of halogens is 3. The van der Waals surface area contributed by atoms with Crippen LogP contribution in [0.25, 0.3) is 0 Å². The van der Waals surface area contributed by atoms with Crippen molar-refractivity contribution in [2.24, 2.45) is 0 Å². The van der Waals surface area contributed by atoms with Crippen molar-refractivity contribution in [3.05, 3.63) is 47.5 Å². The predicted octanol–water partition coefficient (Wildman–Crippen LogP) is 5.49. The van der Waals surface area contributed by atoms with Gasteiger partial charge < -0.3 is 24.4 Å². The average molecular weight is 438 g/mol. The molecule has 0 aliphatic carbocycles. The molecule has 1 aliphatic heterocycles. The lowest BCUT2D eigenvalue weighted by Gasteiger charge is -2.27. The highest BCUT2D eigenvalue weighted by atomic mass is 19.4. The van der Waals surface area contributed by atoms with Crippen LogP contribution in [0.1, 0.15) is 36.9 Å². The Balaban J connectivity index is 1.87. The fraction of sp³-hybridized carbons (Fsp3) is 0.409. The van der Waals surface area contributed by atoms with E-state index in [-0.39, 0.29) is 24.1 Å². The number of nitrogens with one attached hydrogen (secondary N) is 1. The first-order chi connectivity index (χ1) is 14.8. The monoisotopic (exact) mass is 438 g/mol. The second-order valence-electron chi connectivity index (χ2n) is 7.03. The molecule has 1 aliphatic rings. The van der Waals surface area contributed by atoms with Crippen LogP contribution in [0.5, 0.6) is 17.2 Å². The molecule has 0 saturated carbocycles. The van der Waals surface area contributed by atoms with E-state index in [1.54, 1.807) is 26.2 Å². The molecule has 168 valence electrons. The standard InChI is InChI=1S/C22H25F3N2O4/c1-4-31-15-8-10-18(17(12-15)22(23,24)25)26-21(28)27-11-5-6-19(27)16-9-7-14(29-2)13-20(16)30-3/h7-10,12-13,19H,4-6,11H2,1-3H3,(H,26,28). The number of rotatable bonds is 6. The molecule has 1 N–H and O–H groups in total. The minimum absolute atomic E-state index is 0.0924. The Labute approximate surface area is 178 Å². The largest absolute Gasteiger partial charge is 0.497 e. The summed E-state index contributed by atoms with van der Waals surface area (Å²) in [6.07, 6.45) is -3.24. The zero-order chi connectivity index (χ0) is 22.6. The molecule has 2 aromatic carbocycles. The molecule has 0 bridgehead atoms. The molecule has 2 amide bonds. The van der Waals surface area contributed by atoms with Gasteiger partial charge in [0.15, 0.2) is 0 Å². The molecule has 1 atom stereocenters. The van der Waals surface area contributed by atoms with E-state index < -0.39 is 17.8 Å². The van der Waals surface area contributed by atoms with Gasteiger partial charge in [0.25, 0.3) is 0 Å². The molecule has 6 nitrogen and oxygen atoms in total. The summed E-state index contributed by atoms with van der Waals surface area (Å²) in [5.41, 5.74) is -0.489. The topological polar surface area (TPSA) is 60.0 Å². The van der Waals surface area contributed by atoms with Crippen LogP contribution in [0.15, 0.2) is 36.4 Å². The molecule has 1 saturated heterocycles. The van der Waals surface area contributed by atoms with Crippen LogP contribution in [-0.2, 0) is 6.18 Å². The average Bonchev–Trinajstić information content (AvgIpc) is 3.23. The summed E-state index contributed by atoms with van der Waals surface area (Å²) in [5.74, 6) is 1.26. The first-order valence-electron chi connectivity index (χ1n) is 9.92. The molecule has 0 aromatic heterocycles. The molecule has 1 unspecified atom stereocenters. The fourth-order valence-corrected chi connectivity index (χ4v) is 3.74.